The smallest absolute Gasteiger partial charge is 0.320 e. The molecular formula is C15H14ClN3O5S. The van der Waals surface area contributed by atoms with Crippen LogP contribution in [0.1, 0.15) is 10.4 Å². The Morgan fingerprint density at radius 2 is 1.84 bits per heavy atom. The fraction of sp³-hybridized carbons (Fsp3) is 0.133. The normalized spacial score (nSPS) is 11.0. The van der Waals surface area contributed by atoms with E-state index < -0.39 is 28.4 Å². The van der Waals surface area contributed by atoms with Gasteiger partial charge in [0.05, 0.1) is 17.6 Å². The van der Waals surface area contributed by atoms with Crippen molar-refractivity contribution in [2.24, 2.45) is 0 Å². The number of sulfonamides is 1. The van der Waals surface area contributed by atoms with Crippen molar-refractivity contribution in [2.75, 3.05) is 19.0 Å². The van der Waals surface area contributed by atoms with Gasteiger partial charge in [0.25, 0.3) is 5.91 Å². The number of amides is 1. The summed E-state index contributed by atoms with van der Waals surface area (Å²) in [4.78, 5) is 26.8. The molecule has 8 nitrogen and oxygen atoms in total. The molecule has 2 rings (SSSR count). The summed E-state index contributed by atoms with van der Waals surface area (Å²) in [5.41, 5.74) is 0.702. The zero-order valence-corrected chi connectivity index (χ0v) is 14.6. The quantitative estimate of drug-likeness (QED) is 0.576. The molecule has 0 atom stereocenters. The first-order chi connectivity index (χ1) is 11.8. The van der Waals surface area contributed by atoms with Gasteiger partial charge in [-0.3, -0.25) is 9.59 Å². The van der Waals surface area contributed by atoms with Crippen LogP contribution >= 0.6 is 11.6 Å². The molecule has 0 saturated carbocycles. The van der Waals surface area contributed by atoms with Crippen molar-refractivity contribution < 1.29 is 22.7 Å². The van der Waals surface area contributed by atoms with Gasteiger partial charge in [0.2, 0.25) is 10.0 Å². The van der Waals surface area contributed by atoms with Gasteiger partial charge in [-0.2, -0.15) is 4.72 Å². The van der Waals surface area contributed by atoms with Crippen LogP contribution < -0.4 is 10.0 Å². The molecule has 25 heavy (non-hydrogen) atoms. The Morgan fingerprint density at radius 1 is 1.16 bits per heavy atom. The number of carbonyl (C=O) groups is 2. The maximum absolute atomic E-state index is 12.0. The zero-order chi connectivity index (χ0) is 18.4. The molecule has 0 radical (unpaired) electrons. The predicted molar refractivity (Wildman–Crippen MR) is 90.8 cm³/mol. The lowest BCUT2D eigenvalue weighted by atomic mass is 10.2. The molecule has 0 saturated heterocycles. The molecule has 132 valence electrons. The number of hydrogen-bond donors (Lipinski definition) is 2. The Morgan fingerprint density at radius 3 is 2.40 bits per heavy atom. The number of ether oxygens (including phenoxy) is 1. The lowest BCUT2D eigenvalue weighted by molar-refractivity contribution is -0.139. The van der Waals surface area contributed by atoms with E-state index in [1.165, 1.54) is 42.6 Å². The molecular weight excluding hydrogens is 370 g/mol. The van der Waals surface area contributed by atoms with Crippen LogP contribution in [0.25, 0.3) is 0 Å². The number of anilines is 1. The van der Waals surface area contributed by atoms with Gasteiger partial charge >= 0.3 is 5.97 Å². The van der Waals surface area contributed by atoms with Crippen molar-refractivity contribution in [1.29, 1.82) is 0 Å². The number of hydrogen-bond acceptors (Lipinski definition) is 6. The van der Waals surface area contributed by atoms with Crippen LogP contribution in [-0.4, -0.2) is 38.9 Å². The third-order valence-corrected chi connectivity index (χ3v) is 4.69. The van der Waals surface area contributed by atoms with Crippen LogP contribution in [0.5, 0.6) is 0 Å². The highest BCUT2D eigenvalue weighted by molar-refractivity contribution is 7.89. The van der Waals surface area contributed by atoms with E-state index in [0.717, 1.165) is 7.11 Å². The summed E-state index contributed by atoms with van der Waals surface area (Å²) in [6.45, 7) is -0.471. The van der Waals surface area contributed by atoms with Gasteiger partial charge in [0, 0.05) is 11.9 Å². The van der Waals surface area contributed by atoms with Gasteiger partial charge < -0.3 is 10.1 Å². The highest BCUT2D eigenvalue weighted by Crippen LogP contribution is 2.15. The number of pyridine rings is 1. The summed E-state index contributed by atoms with van der Waals surface area (Å²) in [6, 6.07) is 8.45. The van der Waals surface area contributed by atoms with Crippen LogP contribution in [-0.2, 0) is 19.6 Å². The molecule has 0 fully saturated rings. The second-order valence-electron chi connectivity index (χ2n) is 4.75. The van der Waals surface area contributed by atoms with E-state index in [0.29, 0.717) is 11.3 Å². The molecule has 0 unspecified atom stereocenters. The van der Waals surface area contributed by atoms with Crippen LogP contribution in [0.15, 0.2) is 47.5 Å². The molecule has 10 heteroatoms. The Kier molecular flexibility index (Phi) is 6.07. The SMILES string of the molecule is COC(=O)CNS(=O)(=O)c1ccc(NC(=O)c2ccc(Cl)nc2)cc1. The van der Waals surface area contributed by atoms with E-state index in [1.54, 1.807) is 0 Å². The van der Waals surface area contributed by atoms with Crippen molar-refractivity contribution in [3.05, 3.63) is 53.3 Å². The fourth-order valence-corrected chi connectivity index (χ4v) is 2.82. The lowest BCUT2D eigenvalue weighted by Gasteiger charge is -2.08. The number of rotatable bonds is 6. The summed E-state index contributed by atoms with van der Waals surface area (Å²) in [7, 11) is -2.70. The first kappa shape index (κ1) is 18.8. The predicted octanol–water partition coefficient (Wildman–Crippen LogP) is 1.44. The van der Waals surface area contributed by atoms with E-state index in [1.807, 2.05) is 0 Å². The van der Waals surface area contributed by atoms with Crippen LogP contribution in [0.3, 0.4) is 0 Å². The number of nitrogens with one attached hydrogen (secondary N) is 2. The van der Waals surface area contributed by atoms with Gasteiger partial charge in [-0.25, -0.2) is 13.4 Å². The standard InChI is InChI=1S/C15H14ClN3O5S/c1-24-14(20)9-18-25(22,23)12-5-3-11(4-6-12)19-15(21)10-2-7-13(16)17-8-10/h2-8,18H,9H2,1H3,(H,19,21). The Hall–Kier alpha value is -2.49. The minimum absolute atomic E-state index is 0.0532. The molecule has 0 aliphatic heterocycles. The molecule has 0 aliphatic rings. The second kappa shape index (κ2) is 8.06. The van der Waals surface area contributed by atoms with E-state index in [2.05, 4.69) is 19.8 Å². The van der Waals surface area contributed by atoms with Crippen molar-refractivity contribution in [2.45, 2.75) is 4.90 Å². The maximum Gasteiger partial charge on any atom is 0.320 e. The van der Waals surface area contributed by atoms with Crippen LogP contribution in [0.2, 0.25) is 5.15 Å². The number of benzene rings is 1. The van der Waals surface area contributed by atoms with E-state index in [9.17, 15) is 18.0 Å². The summed E-state index contributed by atoms with van der Waals surface area (Å²) in [5, 5.41) is 2.87. The third kappa shape index (κ3) is 5.24. The van der Waals surface area contributed by atoms with E-state index >= 15 is 0 Å². The van der Waals surface area contributed by atoms with Crippen molar-refractivity contribution in [3.63, 3.8) is 0 Å². The summed E-state index contributed by atoms with van der Waals surface area (Å²) in [6.07, 6.45) is 1.33. The summed E-state index contributed by atoms with van der Waals surface area (Å²) in [5.74, 6) is -1.12. The Bertz CT molecular complexity index is 867. The van der Waals surface area contributed by atoms with Gasteiger partial charge in [0.1, 0.15) is 11.7 Å². The number of methoxy groups -OCH3 is 1. The van der Waals surface area contributed by atoms with Gasteiger partial charge in [-0.15, -0.1) is 0 Å². The topological polar surface area (TPSA) is 114 Å². The Balaban J connectivity index is 2.05. The second-order valence-corrected chi connectivity index (χ2v) is 6.90. The highest BCUT2D eigenvalue weighted by Gasteiger charge is 2.16. The summed E-state index contributed by atoms with van der Waals surface area (Å²) < 4.78 is 30.5. The van der Waals surface area contributed by atoms with Crippen molar-refractivity contribution in [1.82, 2.24) is 9.71 Å². The van der Waals surface area contributed by atoms with Crippen LogP contribution in [0.4, 0.5) is 5.69 Å². The number of esters is 1. The Labute approximate surface area is 149 Å². The van der Waals surface area contributed by atoms with Gasteiger partial charge in [-0.1, -0.05) is 11.6 Å². The van der Waals surface area contributed by atoms with Crippen molar-refractivity contribution >= 4 is 39.2 Å². The zero-order valence-electron chi connectivity index (χ0n) is 13.0. The minimum Gasteiger partial charge on any atom is -0.468 e. The van der Waals surface area contributed by atoms with Crippen LogP contribution in [0, 0.1) is 0 Å². The molecule has 1 heterocycles. The van der Waals surface area contributed by atoms with Gasteiger partial charge in [0.15, 0.2) is 0 Å². The van der Waals surface area contributed by atoms with E-state index in [4.69, 9.17) is 11.6 Å². The average Bonchev–Trinajstić information content (AvgIpc) is 2.60. The minimum atomic E-state index is -3.86. The molecule has 0 aliphatic carbocycles. The average molecular weight is 384 g/mol. The number of aromatic nitrogens is 1. The van der Waals surface area contributed by atoms with E-state index in [-0.39, 0.29) is 10.0 Å². The number of carbonyl (C=O) groups excluding carboxylic acids is 2. The first-order valence-electron chi connectivity index (χ1n) is 6.91. The molecule has 2 N–H and O–H groups in total. The number of halogens is 1. The molecule has 0 spiro atoms. The lowest BCUT2D eigenvalue weighted by Crippen LogP contribution is -2.30. The monoisotopic (exact) mass is 383 g/mol. The molecule has 1 amide bonds. The first-order valence-corrected chi connectivity index (χ1v) is 8.77. The van der Waals surface area contributed by atoms with Crippen molar-refractivity contribution in [3.8, 4) is 0 Å². The largest absolute Gasteiger partial charge is 0.468 e. The van der Waals surface area contributed by atoms with Gasteiger partial charge in [-0.05, 0) is 36.4 Å². The fourth-order valence-electron chi connectivity index (χ4n) is 1.74. The maximum atomic E-state index is 12.0. The molecule has 1 aromatic carbocycles. The molecule has 2 aromatic rings. The third-order valence-electron chi connectivity index (χ3n) is 3.05. The number of nitrogens with zero attached hydrogens (tertiary/aromatic N) is 1. The summed E-state index contributed by atoms with van der Waals surface area (Å²) >= 11 is 5.66. The highest BCUT2D eigenvalue weighted by atomic mass is 35.5. The molecule has 1 aromatic heterocycles. The molecule has 0 bridgehead atoms.